The molecule has 0 radical (unpaired) electrons. The number of aliphatic hydroxyl groups is 1. The van der Waals surface area contributed by atoms with Gasteiger partial charge in [0.05, 0.1) is 97.4 Å². The normalized spacial score (nSPS) is 14.8. The molecule has 0 unspecified atom stereocenters. The minimum atomic E-state index is -0.527. The van der Waals surface area contributed by atoms with Gasteiger partial charge in [-0.3, -0.25) is 23.4 Å². The number of nitrogens with two attached hydrogens (primary N) is 1. The molecule has 2 aromatic carbocycles. The van der Waals surface area contributed by atoms with Crippen LogP contribution in [-0.4, -0.2) is 155 Å². The minimum Gasteiger partial charge on any atom is -0.444 e. The van der Waals surface area contributed by atoms with Crippen LogP contribution in [0.2, 0.25) is 10.0 Å². The van der Waals surface area contributed by atoms with E-state index in [0.717, 1.165) is 62.0 Å². The average Bonchev–Trinajstić information content (AvgIpc) is 1.99. The van der Waals surface area contributed by atoms with Crippen molar-refractivity contribution in [2.45, 2.75) is 132 Å². The van der Waals surface area contributed by atoms with Gasteiger partial charge >= 0.3 is 24.2 Å². The van der Waals surface area contributed by atoms with E-state index in [0.29, 0.717) is 102 Å². The molecule has 93 heavy (non-hydrogen) atoms. The lowest BCUT2D eigenvalue weighted by molar-refractivity contribution is 0.0184. The van der Waals surface area contributed by atoms with Crippen LogP contribution in [0.3, 0.4) is 0 Å². The summed E-state index contributed by atoms with van der Waals surface area (Å²) in [5.74, 6) is 0.174. The molecule has 6 amide bonds. The molecular formula is C59H77Br3Cl3F2N19O7. The summed E-state index contributed by atoms with van der Waals surface area (Å²) in [6.07, 6.45) is -0.551. The number of ether oxygens (including phenoxy) is 2. The first kappa shape index (κ1) is 73.7. The number of aromatic nitrogens is 10. The fourth-order valence-corrected chi connectivity index (χ4v) is 11.2. The van der Waals surface area contributed by atoms with Gasteiger partial charge in [-0.25, -0.2) is 28.0 Å². The molecule has 0 spiro atoms. The summed E-state index contributed by atoms with van der Waals surface area (Å²) in [6, 6.07) is 17.2. The number of hydrogen-bond acceptors (Lipinski definition) is 15. The number of urea groups is 2. The van der Waals surface area contributed by atoms with E-state index in [9.17, 15) is 33.1 Å². The third-order valence-electron chi connectivity index (χ3n) is 14.2. The zero-order chi connectivity index (χ0) is 66.8. The maximum atomic E-state index is 13.2. The van der Waals surface area contributed by atoms with Gasteiger partial charge in [0.2, 0.25) is 0 Å². The van der Waals surface area contributed by atoms with Crippen LogP contribution in [0.15, 0.2) is 80.5 Å². The van der Waals surface area contributed by atoms with Gasteiger partial charge in [-0.05, 0) is 144 Å². The number of fused-ring (bicyclic) bond motifs is 5. The molecule has 5 aromatic heterocycles. The quantitative estimate of drug-likeness (QED) is 0.0903. The number of carbonyl (C=O) groups excluding carboxylic acids is 4. The predicted molar refractivity (Wildman–Crippen MR) is 362 cm³/mol. The van der Waals surface area contributed by atoms with Crippen molar-refractivity contribution in [1.29, 1.82) is 0 Å². The fraction of sp³-hybridized carbons (Fsp3) is 0.475. The molecule has 0 bridgehead atoms. The molecule has 34 heteroatoms. The third kappa shape index (κ3) is 21.6. The van der Waals surface area contributed by atoms with Gasteiger partial charge < -0.3 is 61.2 Å². The van der Waals surface area contributed by atoms with E-state index in [-0.39, 0.29) is 58.7 Å². The molecule has 26 nitrogen and oxygen atoms in total. The van der Waals surface area contributed by atoms with Gasteiger partial charge in [-0.1, -0.05) is 37.0 Å². The second-order valence-electron chi connectivity index (χ2n) is 24.7. The Balaban J connectivity index is 0.000000169. The summed E-state index contributed by atoms with van der Waals surface area (Å²) in [6.45, 7) is 25.6. The summed E-state index contributed by atoms with van der Waals surface area (Å²) >= 11 is 21.4. The van der Waals surface area contributed by atoms with Crippen molar-refractivity contribution in [2.24, 2.45) is 5.41 Å². The average molecular weight is 1550 g/mol. The van der Waals surface area contributed by atoms with E-state index in [1.54, 1.807) is 25.7 Å². The van der Waals surface area contributed by atoms with Gasteiger partial charge in [0.25, 0.3) is 0 Å². The number of rotatable bonds is 6. The summed E-state index contributed by atoms with van der Waals surface area (Å²) in [7, 11) is 0. The van der Waals surface area contributed by atoms with Crippen LogP contribution in [0.25, 0.3) is 0 Å². The molecule has 0 aliphatic carbocycles. The second-order valence-corrected chi connectivity index (χ2v) is 27.9. The summed E-state index contributed by atoms with van der Waals surface area (Å²) in [5.41, 5.74) is 10.5. The van der Waals surface area contributed by atoms with Gasteiger partial charge in [0, 0.05) is 81.3 Å². The van der Waals surface area contributed by atoms with Crippen molar-refractivity contribution in [1.82, 2.24) is 73.8 Å². The van der Waals surface area contributed by atoms with E-state index in [4.69, 9.17) is 38.4 Å². The molecule has 0 fully saturated rings. The molecule has 0 saturated carbocycles. The number of amides is 6. The fourth-order valence-electron chi connectivity index (χ4n) is 9.51. The molecule has 0 saturated heterocycles. The van der Waals surface area contributed by atoms with Crippen molar-refractivity contribution < 1.29 is 42.5 Å². The number of nitrogens with one attached hydrogen (secondary N) is 4. The van der Waals surface area contributed by atoms with Gasteiger partial charge in [0.15, 0.2) is 0 Å². The molecule has 5 aliphatic heterocycles. The van der Waals surface area contributed by atoms with E-state index in [1.165, 1.54) is 42.1 Å². The van der Waals surface area contributed by atoms with Crippen LogP contribution < -0.4 is 27.0 Å². The van der Waals surface area contributed by atoms with Crippen LogP contribution >= 0.6 is 83.4 Å². The maximum absolute atomic E-state index is 13.2. The minimum absolute atomic E-state index is 0. The highest BCUT2D eigenvalue weighted by molar-refractivity contribution is 9.11. The number of aliphatic hydroxyl groups excluding tert-OH is 1. The number of carbonyl (C=O) groups is 4. The van der Waals surface area contributed by atoms with E-state index in [2.05, 4.69) is 94.6 Å². The Morgan fingerprint density at radius 2 is 0.946 bits per heavy atom. The highest BCUT2D eigenvalue weighted by Gasteiger charge is 2.30. The van der Waals surface area contributed by atoms with Crippen molar-refractivity contribution in [3.63, 3.8) is 0 Å². The molecule has 12 rings (SSSR count). The lowest BCUT2D eigenvalue weighted by Crippen LogP contribution is -2.41. The molecular weight excluding hydrogens is 1470 g/mol. The van der Waals surface area contributed by atoms with Crippen LogP contribution in [0.1, 0.15) is 83.9 Å². The van der Waals surface area contributed by atoms with Crippen LogP contribution in [-0.2, 0) is 74.9 Å². The number of benzene rings is 2. The number of nitrogens with zero attached hydrogens (tertiary/aromatic N) is 14. The number of anilines is 4. The van der Waals surface area contributed by atoms with Crippen LogP contribution in [0, 0.1) is 17.0 Å². The van der Waals surface area contributed by atoms with Gasteiger partial charge in [-0.2, -0.15) is 25.5 Å². The molecule has 0 atom stereocenters. The van der Waals surface area contributed by atoms with E-state index in [1.807, 2.05) is 103 Å². The smallest absolute Gasteiger partial charge is 0.410 e. The molecule has 7 N–H and O–H groups in total. The Labute approximate surface area is 578 Å². The zero-order valence-electron chi connectivity index (χ0n) is 52.7. The van der Waals surface area contributed by atoms with Crippen molar-refractivity contribution in [2.75, 3.05) is 67.6 Å². The first-order valence-corrected chi connectivity index (χ1v) is 32.6. The Bertz CT molecular complexity index is 3630. The lowest BCUT2D eigenvalue weighted by atomic mass is 9.95. The third-order valence-corrected chi connectivity index (χ3v) is 15.9. The van der Waals surface area contributed by atoms with Crippen molar-refractivity contribution >= 4 is 131 Å². The molecule has 506 valence electrons. The highest BCUT2D eigenvalue weighted by Crippen LogP contribution is 2.26. The number of halogens is 8. The zero-order valence-corrected chi connectivity index (χ0v) is 59.7. The Kier molecular flexibility index (Phi) is 25.5. The highest BCUT2D eigenvalue weighted by atomic mass is 79.9. The molecule has 5 aliphatic rings. The van der Waals surface area contributed by atoms with Crippen LogP contribution in [0.5, 0.6) is 0 Å². The maximum Gasteiger partial charge on any atom is 0.410 e. The van der Waals surface area contributed by atoms with Gasteiger partial charge in [-0.15, -0.1) is 12.4 Å². The standard InChI is InChI=1S/C18H23ClFN5O2.C13H11BrClFN4O.C11H16BrN3O2.C11H18N4O2.C6H8BrN3.ClH/c1-18(2,11-26)10-21-16-8-13-9-24(5-6-25(13)23-16)17(27)22-12-3-4-15(20)14(19)7-12;14-12-6-9-7-19(3-4-20(9)18-12)13(21)17-8-1-2-11(16)10(15)5-8;2*1-11(2,3)17-10(16)14-4-5-15-8(7-14)6-9(12)13-15;7-6-3-5-4-8-1-2-10(5)9-6;/h3-4,7-8,26H,5-6,9-11H2,1-2H3,(H,21,23)(H,22,27);1-2,5-6H,3-4,7H2,(H,17,21);6H,4-5,7H2,1-3H3;6H,4-5,7H2,1-3H3,(H2,12,13);3,8H,1-2,4H2;1H. The first-order chi connectivity index (χ1) is 43.4. The monoisotopic (exact) mass is 1540 g/mol. The number of hydrogen-bond donors (Lipinski definition) is 6. The second kappa shape index (κ2) is 32.1. The lowest BCUT2D eigenvalue weighted by Gasteiger charge is -2.30. The Morgan fingerprint density at radius 3 is 1.38 bits per heavy atom. The van der Waals surface area contributed by atoms with E-state index >= 15 is 0 Å². The Morgan fingerprint density at radius 1 is 0.559 bits per heavy atom. The number of nitrogen functional groups attached to an aromatic ring is 1. The SMILES string of the molecule is Brc1cc2n(n1)CCNC2.CC(C)(C)OC(=O)N1CCn2nc(Br)cc2C1.CC(C)(C)OC(=O)N1CCn2nc(N)cc2C1.CC(C)(CO)CNc1cc2n(n1)CCN(C(=O)Nc1ccc(F)c(Cl)c1)C2.Cl.O=C(Nc1ccc(F)c(Cl)c1)N1CCn2nc(Br)cc2C1. The van der Waals surface area contributed by atoms with Crippen molar-refractivity contribution in [3.05, 3.63) is 131 Å². The van der Waals surface area contributed by atoms with Crippen LogP contribution in [0.4, 0.5) is 51.0 Å². The topological polar surface area (TPSA) is 283 Å². The summed E-state index contributed by atoms with van der Waals surface area (Å²) in [4.78, 5) is 55.2. The van der Waals surface area contributed by atoms with E-state index < -0.39 is 22.8 Å². The first-order valence-electron chi connectivity index (χ1n) is 29.5. The largest absolute Gasteiger partial charge is 0.444 e. The summed E-state index contributed by atoms with van der Waals surface area (Å²) in [5, 5.41) is 42.6. The summed E-state index contributed by atoms with van der Waals surface area (Å²) < 4.78 is 49.0. The molecule has 10 heterocycles. The van der Waals surface area contributed by atoms with Gasteiger partial charge in [0.1, 0.15) is 48.3 Å². The molecule has 7 aromatic rings. The Hall–Kier alpha value is -6.74. The predicted octanol–water partition coefficient (Wildman–Crippen LogP) is 11.4. The van der Waals surface area contributed by atoms with Crippen molar-refractivity contribution in [3.8, 4) is 0 Å².